The third-order valence-corrected chi connectivity index (χ3v) is 4.59. The van der Waals surface area contributed by atoms with Crippen LogP contribution < -0.4 is 4.74 Å². The van der Waals surface area contributed by atoms with E-state index in [2.05, 4.69) is 26.0 Å². The summed E-state index contributed by atoms with van der Waals surface area (Å²) in [6.45, 7) is 5.99. The SMILES string of the molecule is Cc1cc(Oc2nccc3[nH]cc(C#N)c23)ccc1-c1c(C)ncnc1C. The van der Waals surface area contributed by atoms with E-state index < -0.39 is 0 Å². The van der Waals surface area contributed by atoms with Gasteiger partial charge in [-0.15, -0.1) is 0 Å². The van der Waals surface area contributed by atoms with Crippen LogP contribution in [-0.4, -0.2) is 19.9 Å². The summed E-state index contributed by atoms with van der Waals surface area (Å²) in [7, 11) is 0. The minimum absolute atomic E-state index is 0.410. The zero-order chi connectivity index (χ0) is 19.0. The van der Waals surface area contributed by atoms with Crippen molar-refractivity contribution in [1.29, 1.82) is 5.26 Å². The van der Waals surface area contributed by atoms with Gasteiger partial charge in [-0.05, 0) is 50.1 Å². The Bertz CT molecular complexity index is 1180. The Morgan fingerprint density at radius 3 is 2.52 bits per heavy atom. The molecule has 1 aromatic carbocycles. The smallest absolute Gasteiger partial charge is 0.229 e. The number of aromatic amines is 1. The molecule has 0 bridgehead atoms. The third kappa shape index (κ3) is 2.89. The summed E-state index contributed by atoms with van der Waals surface area (Å²) in [6.07, 6.45) is 4.90. The lowest BCUT2D eigenvalue weighted by Crippen LogP contribution is -1.97. The molecular weight excluding hydrogens is 338 g/mol. The van der Waals surface area contributed by atoms with Crippen LogP contribution in [0.15, 0.2) is 43.0 Å². The van der Waals surface area contributed by atoms with E-state index >= 15 is 0 Å². The van der Waals surface area contributed by atoms with Crippen molar-refractivity contribution in [2.75, 3.05) is 0 Å². The van der Waals surface area contributed by atoms with Crippen molar-refractivity contribution in [1.82, 2.24) is 19.9 Å². The van der Waals surface area contributed by atoms with E-state index in [4.69, 9.17) is 4.74 Å². The number of aromatic nitrogens is 4. The summed E-state index contributed by atoms with van der Waals surface area (Å²) >= 11 is 0. The molecule has 27 heavy (non-hydrogen) atoms. The molecular formula is C21H17N5O. The molecule has 0 fully saturated rings. The highest BCUT2D eigenvalue weighted by molar-refractivity contribution is 5.90. The van der Waals surface area contributed by atoms with Gasteiger partial charge in [0.05, 0.1) is 16.5 Å². The molecule has 0 saturated heterocycles. The number of nitrogens with zero attached hydrogens (tertiary/aromatic N) is 4. The molecule has 0 aliphatic heterocycles. The fraction of sp³-hybridized carbons (Fsp3) is 0.143. The van der Waals surface area contributed by atoms with Crippen molar-refractivity contribution in [3.8, 4) is 28.8 Å². The fourth-order valence-electron chi connectivity index (χ4n) is 3.29. The van der Waals surface area contributed by atoms with E-state index in [-0.39, 0.29) is 0 Å². The molecule has 4 rings (SSSR count). The van der Waals surface area contributed by atoms with E-state index in [0.717, 1.165) is 33.6 Å². The molecule has 0 amide bonds. The van der Waals surface area contributed by atoms with E-state index in [0.29, 0.717) is 22.6 Å². The molecule has 0 unspecified atom stereocenters. The number of benzene rings is 1. The van der Waals surface area contributed by atoms with E-state index in [9.17, 15) is 5.26 Å². The highest BCUT2D eigenvalue weighted by atomic mass is 16.5. The molecule has 0 atom stereocenters. The zero-order valence-corrected chi connectivity index (χ0v) is 15.2. The van der Waals surface area contributed by atoms with Gasteiger partial charge in [0.2, 0.25) is 5.88 Å². The second-order valence-electron chi connectivity index (χ2n) is 6.35. The molecule has 6 heteroatoms. The molecule has 0 aliphatic carbocycles. The van der Waals surface area contributed by atoms with Crippen molar-refractivity contribution >= 4 is 10.9 Å². The third-order valence-electron chi connectivity index (χ3n) is 4.59. The second-order valence-corrected chi connectivity index (χ2v) is 6.35. The Labute approximate surface area is 156 Å². The number of fused-ring (bicyclic) bond motifs is 1. The Hall–Kier alpha value is -3.72. The van der Waals surface area contributed by atoms with Crippen LogP contribution in [0.25, 0.3) is 22.0 Å². The first-order valence-electron chi connectivity index (χ1n) is 8.51. The summed E-state index contributed by atoms with van der Waals surface area (Å²) in [4.78, 5) is 16.0. The van der Waals surface area contributed by atoms with Gasteiger partial charge >= 0.3 is 0 Å². The van der Waals surface area contributed by atoms with Crippen molar-refractivity contribution in [3.05, 3.63) is 65.5 Å². The first-order valence-corrected chi connectivity index (χ1v) is 8.51. The second kappa shape index (κ2) is 6.54. The Kier molecular flexibility index (Phi) is 4.05. The van der Waals surface area contributed by atoms with Crippen LogP contribution >= 0.6 is 0 Å². The minimum Gasteiger partial charge on any atom is -0.438 e. The van der Waals surface area contributed by atoms with Gasteiger partial charge in [-0.3, -0.25) is 0 Å². The molecule has 132 valence electrons. The van der Waals surface area contributed by atoms with Gasteiger partial charge in [0, 0.05) is 29.3 Å². The molecule has 0 spiro atoms. The number of hydrogen-bond acceptors (Lipinski definition) is 5. The van der Waals surface area contributed by atoms with Crippen molar-refractivity contribution in [2.45, 2.75) is 20.8 Å². The van der Waals surface area contributed by atoms with Gasteiger partial charge < -0.3 is 9.72 Å². The Balaban J connectivity index is 1.75. The van der Waals surface area contributed by atoms with Crippen LogP contribution in [0.2, 0.25) is 0 Å². The van der Waals surface area contributed by atoms with Gasteiger partial charge in [-0.25, -0.2) is 15.0 Å². The van der Waals surface area contributed by atoms with Gasteiger partial charge in [0.1, 0.15) is 18.1 Å². The molecule has 0 saturated carbocycles. The average molecular weight is 355 g/mol. The van der Waals surface area contributed by atoms with Crippen LogP contribution in [0, 0.1) is 32.1 Å². The van der Waals surface area contributed by atoms with E-state index in [1.165, 1.54) is 0 Å². The van der Waals surface area contributed by atoms with Gasteiger partial charge in [0.15, 0.2) is 0 Å². The van der Waals surface area contributed by atoms with Crippen LogP contribution in [0.1, 0.15) is 22.5 Å². The molecule has 3 heterocycles. The molecule has 3 aromatic heterocycles. The molecule has 0 aliphatic rings. The Morgan fingerprint density at radius 2 is 1.81 bits per heavy atom. The number of aryl methyl sites for hydroxylation is 3. The number of rotatable bonds is 3. The van der Waals surface area contributed by atoms with Crippen LogP contribution in [0.4, 0.5) is 0 Å². The van der Waals surface area contributed by atoms with Gasteiger partial charge in [-0.1, -0.05) is 6.07 Å². The number of nitriles is 1. The molecule has 4 aromatic rings. The van der Waals surface area contributed by atoms with Crippen molar-refractivity contribution < 1.29 is 4.74 Å². The Morgan fingerprint density at radius 1 is 1.04 bits per heavy atom. The van der Waals surface area contributed by atoms with Crippen LogP contribution in [0.3, 0.4) is 0 Å². The lowest BCUT2D eigenvalue weighted by atomic mass is 9.98. The van der Waals surface area contributed by atoms with Gasteiger partial charge in [0.25, 0.3) is 0 Å². The van der Waals surface area contributed by atoms with E-state index in [1.807, 2.05) is 45.0 Å². The topological polar surface area (TPSA) is 87.5 Å². The zero-order valence-electron chi connectivity index (χ0n) is 15.2. The predicted molar refractivity (Wildman–Crippen MR) is 103 cm³/mol. The maximum Gasteiger partial charge on any atom is 0.229 e. The maximum absolute atomic E-state index is 9.31. The van der Waals surface area contributed by atoms with Gasteiger partial charge in [-0.2, -0.15) is 5.26 Å². The summed E-state index contributed by atoms with van der Waals surface area (Å²) in [5.74, 6) is 1.07. The normalized spacial score (nSPS) is 10.7. The van der Waals surface area contributed by atoms with Crippen molar-refractivity contribution in [3.63, 3.8) is 0 Å². The lowest BCUT2D eigenvalue weighted by Gasteiger charge is -2.13. The average Bonchev–Trinajstić information content (AvgIpc) is 3.07. The minimum atomic E-state index is 0.410. The molecule has 6 nitrogen and oxygen atoms in total. The predicted octanol–water partition coefficient (Wildman–Crippen LogP) is 4.61. The number of ether oxygens (including phenoxy) is 1. The number of nitrogens with one attached hydrogen (secondary N) is 1. The number of hydrogen-bond donors (Lipinski definition) is 1. The highest BCUT2D eigenvalue weighted by Gasteiger charge is 2.14. The standard InChI is InChI=1S/C21H17N5O/c1-12-8-16(4-5-17(12)19-13(2)25-11-26-14(19)3)27-21-20-15(9-22)10-24-18(20)6-7-23-21/h4-8,10-11,24H,1-3H3. The van der Waals surface area contributed by atoms with Crippen molar-refractivity contribution in [2.24, 2.45) is 0 Å². The fourth-order valence-corrected chi connectivity index (χ4v) is 3.29. The molecule has 1 N–H and O–H groups in total. The summed E-state index contributed by atoms with van der Waals surface area (Å²) in [6, 6.07) is 9.84. The maximum atomic E-state index is 9.31. The van der Waals surface area contributed by atoms with Crippen LogP contribution in [0.5, 0.6) is 11.6 Å². The number of pyridine rings is 1. The lowest BCUT2D eigenvalue weighted by molar-refractivity contribution is 0.469. The van der Waals surface area contributed by atoms with E-state index in [1.54, 1.807) is 18.7 Å². The highest BCUT2D eigenvalue weighted by Crippen LogP contribution is 2.34. The summed E-state index contributed by atoms with van der Waals surface area (Å²) in [5.41, 5.74) is 6.37. The monoisotopic (exact) mass is 355 g/mol. The largest absolute Gasteiger partial charge is 0.438 e. The summed E-state index contributed by atoms with van der Waals surface area (Å²) < 4.78 is 6.01. The van der Waals surface area contributed by atoms with Crippen LogP contribution in [-0.2, 0) is 0 Å². The quantitative estimate of drug-likeness (QED) is 0.580. The summed E-state index contributed by atoms with van der Waals surface area (Å²) in [5, 5.41) is 9.99. The first-order chi connectivity index (χ1) is 13.1. The number of H-pyrrole nitrogens is 1. The molecule has 0 radical (unpaired) electrons. The first kappa shape index (κ1) is 16.7.